The third-order valence-corrected chi connectivity index (χ3v) is 4.97. The number of halogens is 1. The summed E-state index contributed by atoms with van der Waals surface area (Å²) in [7, 11) is 1.93. The number of aryl methyl sites for hydroxylation is 1. The fourth-order valence-corrected chi connectivity index (χ4v) is 3.46. The first-order valence-corrected chi connectivity index (χ1v) is 9.43. The lowest BCUT2D eigenvalue weighted by molar-refractivity contribution is -0.124. The van der Waals surface area contributed by atoms with Crippen molar-refractivity contribution in [2.24, 2.45) is 13.0 Å². The summed E-state index contributed by atoms with van der Waals surface area (Å²) in [6.45, 7) is 4.11. The number of hydrogen-bond acceptors (Lipinski definition) is 2. The maximum absolute atomic E-state index is 13.3. The number of amides is 1. The molecular formula is C22H24ClN3O. The van der Waals surface area contributed by atoms with Gasteiger partial charge in [0, 0.05) is 24.5 Å². The summed E-state index contributed by atoms with van der Waals surface area (Å²) in [6, 6.07) is 17.1. The van der Waals surface area contributed by atoms with Gasteiger partial charge in [-0.3, -0.25) is 4.79 Å². The molecule has 3 rings (SSSR count). The quantitative estimate of drug-likeness (QED) is 0.671. The summed E-state index contributed by atoms with van der Waals surface area (Å²) in [5.74, 6) is 0.648. The van der Waals surface area contributed by atoms with E-state index >= 15 is 0 Å². The highest BCUT2D eigenvalue weighted by Crippen LogP contribution is 2.28. The highest BCUT2D eigenvalue weighted by Gasteiger charge is 2.28. The van der Waals surface area contributed by atoms with E-state index in [9.17, 15) is 4.79 Å². The van der Waals surface area contributed by atoms with Gasteiger partial charge in [0.05, 0.1) is 5.92 Å². The molecule has 140 valence electrons. The molecule has 0 aliphatic heterocycles. The maximum atomic E-state index is 13.3. The van der Waals surface area contributed by atoms with Gasteiger partial charge >= 0.3 is 0 Å². The summed E-state index contributed by atoms with van der Waals surface area (Å²) in [4.78, 5) is 17.7. The molecule has 1 amide bonds. The predicted octanol–water partition coefficient (Wildman–Crippen LogP) is 4.72. The van der Waals surface area contributed by atoms with E-state index in [0.717, 1.165) is 17.0 Å². The number of nitrogens with one attached hydrogen (secondary N) is 1. The minimum atomic E-state index is -0.313. The minimum absolute atomic E-state index is 0.0239. The van der Waals surface area contributed by atoms with Gasteiger partial charge in [0.25, 0.3) is 0 Å². The number of nitrogens with zero attached hydrogens (tertiary/aromatic N) is 2. The van der Waals surface area contributed by atoms with Gasteiger partial charge in [-0.2, -0.15) is 0 Å². The number of aromatic nitrogens is 2. The van der Waals surface area contributed by atoms with Crippen LogP contribution in [-0.2, 0) is 11.8 Å². The van der Waals surface area contributed by atoms with Crippen molar-refractivity contribution in [1.29, 1.82) is 0 Å². The summed E-state index contributed by atoms with van der Waals surface area (Å²) in [5.41, 5.74) is 1.96. The topological polar surface area (TPSA) is 46.9 Å². The largest absolute Gasteiger partial charge is 0.342 e. The van der Waals surface area contributed by atoms with E-state index < -0.39 is 0 Å². The van der Waals surface area contributed by atoms with Crippen molar-refractivity contribution in [3.8, 4) is 0 Å². The average molecular weight is 382 g/mol. The van der Waals surface area contributed by atoms with Crippen LogP contribution in [0.3, 0.4) is 0 Å². The first-order valence-electron chi connectivity index (χ1n) is 9.05. The van der Waals surface area contributed by atoms with E-state index in [1.165, 1.54) is 0 Å². The van der Waals surface area contributed by atoms with Crippen molar-refractivity contribution < 1.29 is 4.79 Å². The molecule has 0 bridgehead atoms. The van der Waals surface area contributed by atoms with Crippen LogP contribution in [-0.4, -0.2) is 15.5 Å². The molecule has 0 aliphatic rings. The standard InChI is InChI=1S/C22H24ClN3O/c1-15(2)19(16-9-11-18(23)12-10-16)22(27)25-20(17-7-5-4-6-8-17)21-24-13-14-26(21)3/h4-15,19-20H,1-3H3,(H,25,27)/t19-,20-/m0/s1. The monoisotopic (exact) mass is 381 g/mol. The molecule has 0 spiro atoms. The molecule has 1 N–H and O–H groups in total. The molecule has 1 aromatic heterocycles. The first kappa shape index (κ1) is 19.2. The van der Waals surface area contributed by atoms with Gasteiger partial charge in [-0.15, -0.1) is 0 Å². The summed E-state index contributed by atoms with van der Waals surface area (Å²) in [5, 5.41) is 3.88. The van der Waals surface area contributed by atoms with Gasteiger partial charge in [-0.1, -0.05) is 67.9 Å². The Balaban J connectivity index is 1.93. The van der Waals surface area contributed by atoms with Crippen molar-refractivity contribution in [3.63, 3.8) is 0 Å². The second-order valence-corrected chi connectivity index (χ2v) is 7.46. The van der Waals surface area contributed by atoms with Crippen LogP contribution >= 0.6 is 11.6 Å². The van der Waals surface area contributed by atoms with E-state index in [1.54, 1.807) is 6.20 Å². The van der Waals surface area contributed by atoms with E-state index in [2.05, 4.69) is 24.1 Å². The molecule has 2 atom stereocenters. The lowest BCUT2D eigenvalue weighted by Crippen LogP contribution is -2.36. The predicted molar refractivity (Wildman–Crippen MR) is 109 cm³/mol. The fourth-order valence-electron chi connectivity index (χ4n) is 3.34. The second kappa shape index (κ2) is 8.40. The Labute approximate surface area is 165 Å². The van der Waals surface area contributed by atoms with E-state index in [1.807, 2.05) is 72.4 Å². The zero-order valence-corrected chi connectivity index (χ0v) is 16.5. The minimum Gasteiger partial charge on any atom is -0.342 e. The lowest BCUT2D eigenvalue weighted by atomic mass is 9.87. The van der Waals surface area contributed by atoms with Crippen LogP contribution in [0, 0.1) is 5.92 Å². The van der Waals surface area contributed by atoms with Gasteiger partial charge in [-0.05, 0) is 29.2 Å². The summed E-state index contributed by atoms with van der Waals surface area (Å²) < 4.78 is 1.94. The maximum Gasteiger partial charge on any atom is 0.228 e. The van der Waals surface area contributed by atoms with Crippen LogP contribution in [0.1, 0.15) is 42.8 Å². The number of carbonyl (C=O) groups is 1. The first-order chi connectivity index (χ1) is 13.0. The van der Waals surface area contributed by atoms with Gasteiger partial charge < -0.3 is 9.88 Å². The number of carbonyl (C=O) groups excluding carboxylic acids is 1. The smallest absolute Gasteiger partial charge is 0.228 e. The van der Waals surface area contributed by atoms with Crippen molar-refractivity contribution in [3.05, 3.63) is 89.0 Å². The van der Waals surface area contributed by atoms with Gasteiger partial charge in [0.2, 0.25) is 5.91 Å². The molecule has 0 aliphatic carbocycles. The SMILES string of the molecule is CC(C)[C@H](C(=O)N[C@@H](c1ccccc1)c1nccn1C)c1ccc(Cl)cc1. The second-order valence-electron chi connectivity index (χ2n) is 7.02. The third kappa shape index (κ3) is 4.40. The van der Waals surface area contributed by atoms with Crippen LogP contribution in [0.4, 0.5) is 0 Å². The zero-order valence-electron chi connectivity index (χ0n) is 15.8. The number of benzene rings is 2. The van der Waals surface area contributed by atoms with Crippen LogP contribution < -0.4 is 5.32 Å². The van der Waals surface area contributed by atoms with Gasteiger partial charge in [0.1, 0.15) is 11.9 Å². The average Bonchev–Trinajstić information content (AvgIpc) is 3.07. The van der Waals surface area contributed by atoms with Crippen molar-refractivity contribution in [2.75, 3.05) is 0 Å². The normalized spacial score (nSPS) is 13.4. The van der Waals surface area contributed by atoms with Crippen molar-refractivity contribution >= 4 is 17.5 Å². The van der Waals surface area contributed by atoms with Crippen LogP contribution in [0.2, 0.25) is 5.02 Å². The van der Waals surface area contributed by atoms with Crippen LogP contribution in [0.15, 0.2) is 67.0 Å². The molecule has 5 heteroatoms. The number of hydrogen-bond donors (Lipinski definition) is 1. The van der Waals surface area contributed by atoms with Crippen molar-refractivity contribution in [1.82, 2.24) is 14.9 Å². The Kier molecular flexibility index (Phi) is 5.97. The highest BCUT2D eigenvalue weighted by molar-refractivity contribution is 6.30. The Bertz CT molecular complexity index is 887. The van der Waals surface area contributed by atoms with E-state index in [4.69, 9.17) is 11.6 Å². The number of rotatable bonds is 6. The van der Waals surface area contributed by atoms with E-state index in [0.29, 0.717) is 5.02 Å². The molecule has 0 unspecified atom stereocenters. The highest BCUT2D eigenvalue weighted by atomic mass is 35.5. The molecule has 2 aromatic carbocycles. The van der Waals surface area contributed by atoms with E-state index in [-0.39, 0.29) is 23.8 Å². The Morgan fingerprint density at radius 3 is 2.26 bits per heavy atom. The van der Waals surface area contributed by atoms with Crippen LogP contribution in [0.5, 0.6) is 0 Å². The van der Waals surface area contributed by atoms with Gasteiger partial charge in [-0.25, -0.2) is 4.98 Å². The summed E-state index contributed by atoms with van der Waals surface area (Å²) in [6.07, 6.45) is 3.63. The molecule has 1 heterocycles. The number of imidazole rings is 1. The lowest BCUT2D eigenvalue weighted by Gasteiger charge is -2.25. The molecule has 0 saturated carbocycles. The van der Waals surface area contributed by atoms with Crippen molar-refractivity contribution in [2.45, 2.75) is 25.8 Å². The molecule has 0 radical (unpaired) electrons. The van der Waals surface area contributed by atoms with Gasteiger partial charge in [0.15, 0.2) is 0 Å². The summed E-state index contributed by atoms with van der Waals surface area (Å²) >= 11 is 6.01. The molecule has 4 nitrogen and oxygen atoms in total. The molecule has 0 saturated heterocycles. The Morgan fingerprint density at radius 1 is 1.04 bits per heavy atom. The molecule has 0 fully saturated rings. The molecule has 27 heavy (non-hydrogen) atoms. The Hall–Kier alpha value is -2.59. The third-order valence-electron chi connectivity index (χ3n) is 4.71. The fraction of sp³-hybridized carbons (Fsp3) is 0.273. The zero-order chi connectivity index (χ0) is 19.4. The molecule has 3 aromatic rings. The van der Waals surface area contributed by atoms with Crippen LogP contribution in [0.25, 0.3) is 0 Å². The Morgan fingerprint density at radius 2 is 1.70 bits per heavy atom. The molecular weight excluding hydrogens is 358 g/mol.